The first-order chi connectivity index (χ1) is 9.69. The van der Waals surface area contributed by atoms with Crippen molar-refractivity contribution in [2.24, 2.45) is 5.92 Å². The lowest BCUT2D eigenvalue weighted by Crippen LogP contribution is -2.38. The van der Waals surface area contributed by atoms with Crippen molar-refractivity contribution in [3.8, 4) is 5.75 Å². The normalized spacial score (nSPS) is 19.3. The van der Waals surface area contributed by atoms with E-state index in [2.05, 4.69) is 6.92 Å². The fourth-order valence-electron chi connectivity index (χ4n) is 2.83. The van der Waals surface area contributed by atoms with E-state index in [9.17, 15) is 4.79 Å². The first-order valence-electron chi connectivity index (χ1n) is 7.05. The topological polar surface area (TPSA) is 42.7 Å². The number of furan rings is 1. The molecule has 106 valence electrons. The molecule has 0 N–H and O–H groups in total. The van der Waals surface area contributed by atoms with Gasteiger partial charge in [-0.15, -0.1) is 0 Å². The van der Waals surface area contributed by atoms with E-state index < -0.39 is 0 Å². The molecule has 1 amide bonds. The van der Waals surface area contributed by atoms with E-state index in [0.29, 0.717) is 23.0 Å². The highest BCUT2D eigenvalue weighted by molar-refractivity contribution is 5.97. The summed E-state index contributed by atoms with van der Waals surface area (Å²) in [5, 5.41) is 0.901. The molecule has 1 aliphatic rings. The number of methoxy groups -OCH3 is 1. The molecule has 3 rings (SSSR count). The zero-order valence-corrected chi connectivity index (χ0v) is 11.9. The van der Waals surface area contributed by atoms with Gasteiger partial charge in [0.05, 0.1) is 7.11 Å². The first-order valence-corrected chi connectivity index (χ1v) is 7.05. The largest absolute Gasteiger partial charge is 0.493 e. The number of ether oxygens (including phenoxy) is 1. The molecule has 1 atom stereocenters. The third-order valence-corrected chi connectivity index (χ3v) is 3.88. The molecular weight excluding hydrogens is 254 g/mol. The van der Waals surface area contributed by atoms with Crippen molar-refractivity contribution in [2.75, 3.05) is 20.2 Å². The predicted octanol–water partition coefficient (Wildman–Crippen LogP) is 3.31. The number of para-hydroxylation sites is 1. The smallest absolute Gasteiger partial charge is 0.289 e. The van der Waals surface area contributed by atoms with Crippen LogP contribution in [0.15, 0.2) is 28.7 Å². The molecule has 0 bridgehead atoms. The third-order valence-electron chi connectivity index (χ3n) is 3.88. The summed E-state index contributed by atoms with van der Waals surface area (Å²) >= 11 is 0. The van der Waals surface area contributed by atoms with E-state index in [1.807, 2.05) is 23.1 Å². The van der Waals surface area contributed by atoms with Gasteiger partial charge in [0, 0.05) is 18.5 Å². The highest BCUT2D eigenvalue weighted by Gasteiger charge is 2.25. The molecule has 1 aliphatic heterocycles. The molecule has 0 saturated carbocycles. The Hall–Kier alpha value is -1.97. The molecule has 1 fully saturated rings. The van der Waals surface area contributed by atoms with Crippen LogP contribution in [0.2, 0.25) is 0 Å². The number of hydrogen-bond acceptors (Lipinski definition) is 3. The lowest BCUT2D eigenvalue weighted by atomic mass is 10.0. The number of carbonyl (C=O) groups is 1. The summed E-state index contributed by atoms with van der Waals surface area (Å²) in [6, 6.07) is 7.47. The Kier molecular flexibility index (Phi) is 3.38. The second kappa shape index (κ2) is 5.19. The predicted molar refractivity (Wildman–Crippen MR) is 77.1 cm³/mol. The molecule has 4 nitrogen and oxygen atoms in total. The highest BCUT2D eigenvalue weighted by Crippen LogP contribution is 2.29. The van der Waals surface area contributed by atoms with Crippen molar-refractivity contribution in [3.05, 3.63) is 30.0 Å². The Morgan fingerprint density at radius 1 is 1.45 bits per heavy atom. The van der Waals surface area contributed by atoms with Crippen LogP contribution in [0.25, 0.3) is 11.0 Å². The Morgan fingerprint density at radius 2 is 2.30 bits per heavy atom. The molecule has 1 unspecified atom stereocenters. The van der Waals surface area contributed by atoms with Gasteiger partial charge < -0.3 is 14.1 Å². The maximum Gasteiger partial charge on any atom is 0.289 e. The number of likely N-dealkylation sites (tertiary alicyclic amines) is 1. The average Bonchev–Trinajstić information content (AvgIpc) is 2.90. The molecule has 1 saturated heterocycles. The van der Waals surface area contributed by atoms with E-state index >= 15 is 0 Å². The van der Waals surface area contributed by atoms with E-state index in [0.717, 1.165) is 24.9 Å². The van der Waals surface area contributed by atoms with Crippen molar-refractivity contribution >= 4 is 16.9 Å². The van der Waals surface area contributed by atoms with Crippen molar-refractivity contribution < 1.29 is 13.9 Å². The molecule has 2 aromatic rings. The van der Waals surface area contributed by atoms with Crippen molar-refractivity contribution in [3.63, 3.8) is 0 Å². The zero-order valence-electron chi connectivity index (χ0n) is 11.9. The number of rotatable bonds is 2. The van der Waals surface area contributed by atoms with Crippen LogP contribution in [0.4, 0.5) is 0 Å². The fraction of sp³-hybridized carbons (Fsp3) is 0.438. The number of benzene rings is 1. The Labute approximate surface area is 118 Å². The van der Waals surface area contributed by atoms with Gasteiger partial charge in [0.1, 0.15) is 0 Å². The fourth-order valence-corrected chi connectivity index (χ4v) is 2.83. The lowest BCUT2D eigenvalue weighted by molar-refractivity contribution is 0.0653. The second-order valence-corrected chi connectivity index (χ2v) is 5.49. The standard InChI is InChI=1S/C16H19NO3/c1-11-5-4-8-17(10-11)16(18)14-9-12-6-3-7-13(19-2)15(12)20-14/h3,6-7,9,11H,4-5,8,10H2,1-2H3. The van der Waals surface area contributed by atoms with Gasteiger partial charge in [0.2, 0.25) is 0 Å². The van der Waals surface area contributed by atoms with E-state index in [1.54, 1.807) is 13.2 Å². The minimum absolute atomic E-state index is 0.0187. The van der Waals surface area contributed by atoms with Gasteiger partial charge in [-0.25, -0.2) is 0 Å². The summed E-state index contributed by atoms with van der Waals surface area (Å²) in [6.07, 6.45) is 2.26. The average molecular weight is 273 g/mol. The Balaban J connectivity index is 1.92. The van der Waals surface area contributed by atoms with Crippen LogP contribution in [0.1, 0.15) is 30.3 Å². The van der Waals surface area contributed by atoms with Crippen LogP contribution in [0, 0.1) is 5.92 Å². The quantitative estimate of drug-likeness (QED) is 0.843. The summed E-state index contributed by atoms with van der Waals surface area (Å²) in [5.74, 6) is 1.61. The zero-order chi connectivity index (χ0) is 14.1. The summed E-state index contributed by atoms with van der Waals surface area (Å²) in [6.45, 7) is 3.81. The second-order valence-electron chi connectivity index (χ2n) is 5.49. The molecule has 0 radical (unpaired) electrons. The molecule has 20 heavy (non-hydrogen) atoms. The SMILES string of the molecule is COc1cccc2cc(C(=O)N3CCCC(C)C3)oc12. The molecule has 1 aromatic heterocycles. The van der Waals surface area contributed by atoms with Gasteiger partial charge in [0.25, 0.3) is 5.91 Å². The van der Waals surface area contributed by atoms with Crippen LogP contribution in [-0.2, 0) is 0 Å². The van der Waals surface area contributed by atoms with E-state index in [-0.39, 0.29) is 5.91 Å². The van der Waals surface area contributed by atoms with Gasteiger partial charge in [0.15, 0.2) is 17.1 Å². The molecule has 4 heteroatoms. The molecule has 2 heterocycles. The van der Waals surface area contributed by atoms with Crippen molar-refractivity contribution in [1.29, 1.82) is 0 Å². The molecule has 0 aliphatic carbocycles. The van der Waals surface area contributed by atoms with Crippen LogP contribution >= 0.6 is 0 Å². The van der Waals surface area contributed by atoms with Crippen LogP contribution < -0.4 is 4.74 Å². The van der Waals surface area contributed by atoms with Gasteiger partial charge in [-0.1, -0.05) is 19.1 Å². The lowest BCUT2D eigenvalue weighted by Gasteiger charge is -2.30. The van der Waals surface area contributed by atoms with Gasteiger partial charge in [-0.2, -0.15) is 0 Å². The van der Waals surface area contributed by atoms with Crippen LogP contribution in [-0.4, -0.2) is 31.0 Å². The molecule has 0 spiro atoms. The van der Waals surface area contributed by atoms with E-state index in [1.165, 1.54) is 6.42 Å². The monoisotopic (exact) mass is 273 g/mol. The number of carbonyl (C=O) groups excluding carboxylic acids is 1. The Bertz CT molecular complexity index is 632. The third kappa shape index (κ3) is 2.26. The number of fused-ring (bicyclic) bond motifs is 1. The first kappa shape index (κ1) is 13.0. The number of hydrogen-bond donors (Lipinski definition) is 0. The molecule has 1 aromatic carbocycles. The summed E-state index contributed by atoms with van der Waals surface area (Å²) < 4.78 is 11.0. The maximum atomic E-state index is 12.5. The molecular formula is C16H19NO3. The highest BCUT2D eigenvalue weighted by atomic mass is 16.5. The number of amides is 1. The number of piperidine rings is 1. The maximum absolute atomic E-state index is 12.5. The minimum atomic E-state index is -0.0187. The minimum Gasteiger partial charge on any atom is -0.493 e. The van der Waals surface area contributed by atoms with Gasteiger partial charge in [-0.05, 0) is 30.9 Å². The van der Waals surface area contributed by atoms with E-state index in [4.69, 9.17) is 9.15 Å². The van der Waals surface area contributed by atoms with Crippen molar-refractivity contribution in [1.82, 2.24) is 4.90 Å². The summed E-state index contributed by atoms with van der Waals surface area (Å²) in [4.78, 5) is 14.4. The van der Waals surface area contributed by atoms with Crippen LogP contribution in [0.3, 0.4) is 0 Å². The van der Waals surface area contributed by atoms with Gasteiger partial charge in [-0.3, -0.25) is 4.79 Å². The summed E-state index contributed by atoms with van der Waals surface area (Å²) in [7, 11) is 1.60. The number of nitrogens with zero attached hydrogens (tertiary/aromatic N) is 1. The van der Waals surface area contributed by atoms with Gasteiger partial charge >= 0.3 is 0 Å². The van der Waals surface area contributed by atoms with Crippen molar-refractivity contribution in [2.45, 2.75) is 19.8 Å². The summed E-state index contributed by atoms with van der Waals surface area (Å²) in [5.41, 5.74) is 0.642. The Morgan fingerprint density at radius 3 is 3.05 bits per heavy atom. The van der Waals surface area contributed by atoms with Crippen LogP contribution in [0.5, 0.6) is 5.75 Å².